The first-order chi connectivity index (χ1) is 8.15. The van der Waals surface area contributed by atoms with Gasteiger partial charge in [-0.1, -0.05) is 0 Å². The van der Waals surface area contributed by atoms with E-state index in [4.69, 9.17) is 14.3 Å². The second-order valence-electron chi connectivity index (χ2n) is 3.31. The van der Waals surface area contributed by atoms with E-state index in [1.54, 1.807) is 0 Å². The van der Waals surface area contributed by atoms with Gasteiger partial charge in [0.25, 0.3) is 5.91 Å². The maximum atomic E-state index is 11.5. The van der Waals surface area contributed by atoms with Crippen LogP contribution in [0.4, 0.5) is 0 Å². The van der Waals surface area contributed by atoms with E-state index in [9.17, 15) is 9.59 Å². The number of carboxylic acid groups (broad SMARTS) is 1. The molecule has 0 bridgehead atoms. The van der Waals surface area contributed by atoms with E-state index in [1.165, 1.54) is 6.07 Å². The molecule has 0 saturated carbocycles. The minimum absolute atomic E-state index is 0.00110. The number of rotatable bonds is 7. The zero-order chi connectivity index (χ0) is 12.7. The molecule has 2 N–H and O–H groups in total. The number of carbonyl (C=O) groups excluding carboxylic acids is 1. The van der Waals surface area contributed by atoms with Crippen molar-refractivity contribution < 1.29 is 23.8 Å². The Morgan fingerprint density at radius 2 is 2.29 bits per heavy atom. The van der Waals surface area contributed by atoms with Crippen molar-refractivity contribution >= 4 is 11.9 Å². The van der Waals surface area contributed by atoms with Crippen LogP contribution in [0.25, 0.3) is 0 Å². The maximum Gasteiger partial charge on any atom is 0.338 e. The molecule has 1 aromatic rings. The van der Waals surface area contributed by atoms with Crippen molar-refractivity contribution in [2.45, 2.75) is 13.3 Å². The average molecular weight is 241 g/mol. The van der Waals surface area contributed by atoms with Gasteiger partial charge in [-0.25, -0.2) is 4.79 Å². The van der Waals surface area contributed by atoms with Gasteiger partial charge in [0.2, 0.25) is 0 Å². The van der Waals surface area contributed by atoms with Crippen molar-refractivity contribution in [2.24, 2.45) is 0 Å². The summed E-state index contributed by atoms with van der Waals surface area (Å²) in [6.45, 7) is 3.58. The molecule has 0 radical (unpaired) electrons. The van der Waals surface area contributed by atoms with E-state index in [1.807, 2.05) is 6.92 Å². The molecule has 94 valence electrons. The van der Waals surface area contributed by atoms with Crippen LogP contribution in [0.15, 0.2) is 16.7 Å². The Labute approximate surface area is 98.6 Å². The second kappa shape index (κ2) is 6.70. The number of amides is 1. The van der Waals surface area contributed by atoms with Crippen LogP contribution in [0.5, 0.6) is 0 Å². The number of furan rings is 1. The van der Waals surface area contributed by atoms with Crippen LogP contribution in [-0.2, 0) is 4.74 Å². The highest BCUT2D eigenvalue weighted by atomic mass is 16.5. The smallest absolute Gasteiger partial charge is 0.338 e. The van der Waals surface area contributed by atoms with Gasteiger partial charge in [0.05, 0.1) is 5.56 Å². The van der Waals surface area contributed by atoms with Gasteiger partial charge in [-0.2, -0.15) is 0 Å². The van der Waals surface area contributed by atoms with Crippen LogP contribution in [-0.4, -0.2) is 36.7 Å². The number of hydrogen-bond acceptors (Lipinski definition) is 4. The third kappa shape index (κ3) is 4.28. The molecule has 0 saturated heterocycles. The summed E-state index contributed by atoms with van der Waals surface area (Å²) < 4.78 is 9.95. The fourth-order valence-corrected chi connectivity index (χ4v) is 1.18. The van der Waals surface area contributed by atoms with E-state index in [-0.39, 0.29) is 11.3 Å². The number of aromatic carboxylic acids is 1. The average Bonchev–Trinajstić information content (AvgIpc) is 2.78. The van der Waals surface area contributed by atoms with E-state index in [2.05, 4.69) is 5.32 Å². The van der Waals surface area contributed by atoms with Crippen LogP contribution >= 0.6 is 0 Å². The van der Waals surface area contributed by atoms with Gasteiger partial charge in [0.15, 0.2) is 5.76 Å². The fraction of sp³-hybridized carbons (Fsp3) is 0.455. The Bertz CT molecular complexity index is 385. The molecule has 0 aliphatic carbocycles. The van der Waals surface area contributed by atoms with Crippen LogP contribution in [0, 0.1) is 0 Å². The summed E-state index contributed by atoms with van der Waals surface area (Å²) in [5.41, 5.74) is -0.0375. The van der Waals surface area contributed by atoms with Crippen LogP contribution in [0.3, 0.4) is 0 Å². The fourth-order valence-electron chi connectivity index (χ4n) is 1.18. The molecule has 6 heteroatoms. The number of nitrogens with one attached hydrogen (secondary N) is 1. The normalized spacial score (nSPS) is 10.2. The van der Waals surface area contributed by atoms with Crippen LogP contribution in [0.1, 0.15) is 34.3 Å². The maximum absolute atomic E-state index is 11.5. The second-order valence-corrected chi connectivity index (χ2v) is 3.31. The van der Waals surface area contributed by atoms with Gasteiger partial charge in [0, 0.05) is 25.8 Å². The van der Waals surface area contributed by atoms with Gasteiger partial charge in [-0.05, 0) is 13.3 Å². The van der Waals surface area contributed by atoms with E-state index in [0.717, 1.165) is 6.26 Å². The van der Waals surface area contributed by atoms with Gasteiger partial charge < -0.3 is 19.6 Å². The summed E-state index contributed by atoms with van der Waals surface area (Å²) in [6, 6.07) is 1.19. The molecule has 1 aromatic heterocycles. The zero-order valence-electron chi connectivity index (χ0n) is 9.56. The summed E-state index contributed by atoms with van der Waals surface area (Å²) in [4.78, 5) is 22.0. The molecule has 0 unspecified atom stereocenters. The molecule has 6 nitrogen and oxygen atoms in total. The van der Waals surface area contributed by atoms with Crippen molar-refractivity contribution in [1.29, 1.82) is 0 Å². The molecule has 0 atom stereocenters. The Morgan fingerprint density at radius 3 is 2.88 bits per heavy atom. The molecule has 17 heavy (non-hydrogen) atoms. The van der Waals surface area contributed by atoms with Crippen molar-refractivity contribution in [3.63, 3.8) is 0 Å². The van der Waals surface area contributed by atoms with Gasteiger partial charge in [0.1, 0.15) is 6.26 Å². The molecule has 0 aliphatic heterocycles. The SMILES string of the molecule is CCOCCCNC(=O)c1cc(C(=O)O)co1. The lowest BCUT2D eigenvalue weighted by molar-refractivity contribution is 0.0695. The molecule has 1 amide bonds. The third-order valence-corrected chi connectivity index (χ3v) is 2.03. The van der Waals surface area contributed by atoms with Crippen molar-refractivity contribution in [2.75, 3.05) is 19.8 Å². The summed E-state index contributed by atoms with van der Waals surface area (Å²) in [5.74, 6) is -1.54. The van der Waals surface area contributed by atoms with Crippen molar-refractivity contribution in [3.05, 3.63) is 23.7 Å². The summed E-state index contributed by atoms with van der Waals surface area (Å²) in [7, 11) is 0. The first-order valence-corrected chi connectivity index (χ1v) is 5.33. The Hall–Kier alpha value is -1.82. The van der Waals surface area contributed by atoms with Gasteiger partial charge in [-0.15, -0.1) is 0 Å². The predicted octanol–water partition coefficient (Wildman–Crippen LogP) is 1.13. The monoisotopic (exact) mass is 241 g/mol. The number of hydrogen-bond donors (Lipinski definition) is 2. The number of ether oxygens (including phenoxy) is 1. The molecule has 0 spiro atoms. The van der Waals surface area contributed by atoms with Crippen molar-refractivity contribution in [1.82, 2.24) is 5.32 Å². The van der Waals surface area contributed by atoms with E-state index in [0.29, 0.717) is 26.2 Å². The van der Waals surface area contributed by atoms with Crippen LogP contribution < -0.4 is 5.32 Å². The van der Waals surface area contributed by atoms with Gasteiger partial charge in [-0.3, -0.25) is 4.79 Å². The van der Waals surface area contributed by atoms with E-state index >= 15 is 0 Å². The Kier molecular flexibility index (Phi) is 5.22. The minimum Gasteiger partial charge on any atom is -0.478 e. The summed E-state index contributed by atoms with van der Waals surface area (Å²) >= 11 is 0. The molecule has 0 aromatic carbocycles. The lowest BCUT2D eigenvalue weighted by Gasteiger charge is -2.02. The summed E-state index contributed by atoms with van der Waals surface area (Å²) in [5, 5.41) is 11.2. The topological polar surface area (TPSA) is 88.8 Å². The minimum atomic E-state index is -1.12. The molecular weight excluding hydrogens is 226 g/mol. The lowest BCUT2D eigenvalue weighted by atomic mass is 10.3. The first kappa shape index (κ1) is 13.2. The third-order valence-electron chi connectivity index (χ3n) is 2.03. The van der Waals surface area contributed by atoms with Crippen LogP contribution in [0.2, 0.25) is 0 Å². The molecule has 1 heterocycles. The molecule has 0 fully saturated rings. The first-order valence-electron chi connectivity index (χ1n) is 5.33. The lowest BCUT2D eigenvalue weighted by Crippen LogP contribution is -2.24. The molecule has 0 aliphatic rings. The molecule has 1 rings (SSSR count). The standard InChI is InChI=1S/C11H15NO5/c1-2-16-5-3-4-12-10(13)9-6-8(7-17-9)11(14)15/h6-7H,2-5H2,1H3,(H,12,13)(H,14,15). The Balaban J connectivity index is 2.34. The Morgan fingerprint density at radius 1 is 1.53 bits per heavy atom. The number of carbonyl (C=O) groups is 2. The largest absolute Gasteiger partial charge is 0.478 e. The summed E-state index contributed by atoms with van der Waals surface area (Å²) in [6.07, 6.45) is 1.74. The highest BCUT2D eigenvalue weighted by molar-refractivity contribution is 5.95. The zero-order valence-corrected chi connectivity index (χ0v) is 9.56. The van der Waals surface area contributed by atoms with Crippen molar-refractivity contribution in [3.8, 4) is 0 Å². The van der Waals surface area contributed by atoms with Gasteiger partial charge >= 0.3 is 5.97 Å². The predicted molar refractivity (Wildman–Crippen MR) is 59.1 cm³/mol. The van der Waals surface area contributed by atoms with E-state index < -0.39 is 11.9 Å². The number of carboxylic acids is 1. The molecular formula is C11H15NO5. The quantitative estimate of drug-likeness (QED) is 0.698. The highest BCUT2D eigenvalue weighted by Crippen LogP contribution is 2.07. The highest BCUT2D eigenvalue weighted by Gasteiger charge is 2.13.